The van der Waals surface area contributed by atoms with Crippen LogP contribution in [0, 0.1) is 0 Å². The number of ether oxygens (including phenoxy) is 1. The minimum Gasteiger partial charge on any atom is -0.432 e. The van der Waals surface area contributed by atoms with Crippen LogP contribution in [0.5, 0.6) is 5.75 Å². The van der Waals surface area contributed by atoms with Gasteiger partial charge in [0.05, 0.1) is 16.9 Å². The molecule has 0 unspecified atom stereocenters. The van der Waals surface area contributed by atoms with Gasteiger partial charge in [-0.05, 0) is 19.1 Å². The van der Waals surface area contributed by atoms with Gasteiger partial charge in [-0.25, -0.2) is 0 Å². The summed E-state index contributed by atoms with van der Waals surface area (Å²) < 4.78 is 7.39. The molecular weight excluding hydrogens is 302 g/mol. The van der Waals surface area contributed by atoms with Gasteiger partial charge in [0.2, 0.25) is 5.88 Å². The Morgan fingerprint density at radius 1 is 1.29 bits per heavy atom. The second-order valence-electron chi connectivity index (χ2n) is 6.92. The number of hydrogen-bond acceptors (Lipinski definition) is 3. The molecule has 0 spiro atoms. The van der Waals surface area contributed by atoms with Crippen molar-refractivity contribution in [2.75, 3.05) is 11.4 Å². The lowest BCUT2D eigenvalue weighted by Gasteiger charge is -2.17. The van der Waals surface area contributed by atoms with Crippen molar-refractivity contribution in [2.24, 2.45) is 7.05 Å². The van der Waals surface area contributed by atoms with E-state index in [0.29, 0.717) is 11.4 Å². The highest BCUT2D eigenvalue weighted by Crippen LogP contribution is 2.37. The highest BCUT2D eigenvalue weighted by Gasteiger charge is 2.25. The second kappa shape index (κ2) is 5.77. The molecule has 24 heavy (non-hydrogen) atoms. The molecule has 0 aliphatic carbocycles. The summed E-state index contributed by atoms with van der Waals surface area (Å²) in [7, 11) is 1.72. The van der Waals surface area contributed by atoms with Gasteiger partial charge in [-0.2, -0.15) is 0 Å². The Morgan fingerprint density at radius 2 is 2.00 bits per heavy atom. The molecule has 1 N–H and O–H groups in total. The van der Waals surface area contributed by atoms with Gasteiger partial charge in [-0.15, -0.1) is 0 Å². The van der Waals surface area contributed by atoms with Gasteiger partial charge in [0.1, 0.15) is 0 Å². The van der Waals surface area contributed by atoms with Gasteiger partial charge < -0.3 is 9.64 Å². The standard InChI is InChI=1S/C19H23N3O2/c1-6-22-14-9-7-8-10-15(14)24-16(22)12-11-13-17(19(2,3)4)20-21(5)18(13)23/h7-11,20H,6H2,1-5H3. The molecule has 1 aromatic heterocycles. The molecule has 1 aliphatic rings. The summed E-state index contributed by atoms with van der Waals surface area (Å²) in [6, 6.07) is 7.88. The SMILES string of the molecule is CCN1C(=C=Cc2c(C(C)(C)C)[nH]n(C)c2=O)Oc2ccccc21. The van der Waals surface area contributed by atoms with Crippen LogP contribution in [-0.4, -0.2) is 16.3 Å². The first-order valence-corrected chi connectivity index (χ1v) is 8.13. The van der Waals surface area contributed by atoms with E-state index in [1.54, 1.807) is 13.1 Å². The van der Waals surface area contributed by atoms with Crippen LogP contribution in [-0.2, 0) is 12.5 Å². The topological polar surface area (TPSA) is 50.3 Å². The van der Waals surface area contributed by atoms with E-state index in [0.717, 1.165) is 23.7 Å². The summed E-state index contributed by atoms with van der Waals surface area (Å²) in [5, 5.41) is 3.14. The summed E-state index contributed by atoms with van der Waals surface area (Å²) in [5.41, 5.74) is 5.48. The van der Waals surface area contributed by atoms with Crippen LogP contribution < -0.4 is 15.2 Å². The molecule has 0 bridgehead atoms. The Morgan fingerprint density at radius 3 is 2.67 bits per heavy atom. The molecule has 5 nitrogen and oxygen atoms in total. The molecule has 2 heterocycles. The van der Waals surface area contributed by atoms with Crippen LogP contribution in [0.4, 0.5) is 5.69 Å². The number of hydrogen-bond donors (Lipinski definition) is 1. The Bertz CT molecular complexity index is 890. The van der Waals surface area contributed by atoms with Gasteiger partial charge >= 0.3 is 0 Å². The van der Waals surface area contributed by atoms with Crippen LogP contribution in [0.25, 0.3) is 6.08 Å². The van der Waals surface area contributed by atoms with Crippen LogP contribution in [0.15, 0.2) is 40.7 Å². The van der Waals surface area contributed by atoms with E-state index in [2.05, 4.69) is 38.5 Å². The number of nitrogens with zero attached hydrogens (tertiary/aromatic N) is 2. The van der Waals surface area contributed by atoms with E-state index in [4.69, 9.17) is 4.74 Å². The van der Waals surface area contributed by atoms with Gasteiger partial charge in [0.25, 0.3) is 5.56 Å². The molecule has 126 valence electrons. The maximum atomic E-state index is 12.4. The number of nitrogens with one attached hydrogen (secondary N) is 1. The zero-order chi connectivity index (χ0) is 17.5. The normalized spacial score (nSPS) is 13.5. The number of benzene rings is 1. The summed E-state index contributed by atoms with van der Waals surface area (Å²) >= 11 is 0. The Balaban J connectivity index is 2.09. The molecule has 0 radical (unpaired) electrons. The molecule has 2 aromatic rings. The number of aromatic nitrogens is 2. The average molecular weight is 325 g/mol. The minimum absolute atomic E-state index is 0.0633. The molecule has 5 heteroatoms. The molecule has 0 atom stereocenters. The first-order chi connectivity index (χ1) is 11.3. The first-order valence-electron chi connectivity index (χ1n) is 8.13. The highest BCUT2D eigenvalue weighted by molar-refractivity contribution is 5.67. The lowest BCUT2D eigenvalue weighted by molar-refractivity contribution is 0.441. The van der Waals surface area contributed by atoms with Gasteiger partial charge in [0, 0.05) is 25.1 Å². The first kappa shape index (κ1) is 16.2. The summed E-state index contributed by atoms with van der Waals surface area (Å²) in [6.07, 6.45) is 1.73. The van der Waals surface area contributed by atoms with Crippen LogP contribution in [0.1, 0.15) is 39.0 Å². The third-order valence-electron chi connectivity index (χ3n) is 4.10. The van der Waals surface area contributed by atoms with E-state index >= 15 is 0 Å². The fourth-order valence-corrected chi connectivity index (χ4v) is 2.86. The number of fused-ring (bicyclic) bond motifs is 1. The number of aromatic amines is 1. The van der Waals surface area contributed by atoms with Crippen molar-refractivity contribution in [1.29, 1.82) is 0 Å². The molecule has 0 saturated heterocycles. The smallest absolute Gasteiger partial charge is 0.274 e. The molecule has 0 fully saturated rings. The molecule has 3 rings (SSSR count). The zero-order valence-electron chi connectivity index (χ0n) is 14.8. The summed E-state index contributed by atoms with van der Waals surface area (Å²) in [6.45, 7) is 9.04. The monoisotopic (exact) mass is 325 g/mol. The molecular formula is C19H23N3O2. The van der Waals surface area contributed by atoms with Crippen molar-refractivity contribution >= 4 is 11.8 Å². The molecule has 1 aliphatic heterocycles. The van der Waals surface area contributed by atoms with E-state index in [9.17, 15) is 4.79 Å². The van der Waals surface area contributed by atoms with Crippen molar-refractivity contribution in [3.05, 3.63) is 57.5 Å². The second-order valence-corrected chi connectivity index (χ2v) is 6.92. The predicted octanol–water partition coefficient (Wildman–Crippen LogP) is 3.38. The number of aryl methyl sites for hydroxylation is 1. The third kappa shape index (κ3) is 2.68. The van der Waals surface area contributed by atoms with E-state index < -0.39 is 0 Å². The third-order valence-corrected chi connectivity index (χ3v) is 4.10. The van der Waals surface area contributed by atoms with Gasteiger partial charge in [-0.1, -0.05) is 38.6 Å². The summed E-state index contributed by atoms with van der Waals surface area (Å²) in [4.78, 5) is 14.4. The molecule has 1 aromatic carbocycles. The highest BCUT2D eigenvalue weighted by atomic mass is 16.5. The quantitative estimate of drug-likeness (QED) is 0.861. The Labute approximate surface area is 141 Å². The van der Waals surface area contributed by atoms with Crippen molar-refractivity contribution < 1.29 is 4.74 Å². The fourth-order valence-electron chi connectivity index (χ4n) is 2.86. The maximum Gasteiger partial charge on any atom is 0.274 e. The van der Waals surface area contributed by atoms with Crippen molar-refractivity contribution in [3.8, 4) is 5.75 Å². The van der Waals surface area contributed by atoms with Gasteiger partial charge in [0.15, 0.2) is 5.75 Å². The van der Waals surface area contributed by atoms with Crippen LogP contribution in [0.2, 0.25) is 0 Å². The number of rotatable bonds is 2. The van der Waals surface area contributed by atoms with E-state index in [-0.39, 0.29) is 11.0 Å². The lowest BCUT2D eigenvalue weighted by Crippen LogP contribution is -2.18. The number of anilines is 1. The molecule has 0 amide bonds. The Kier molecular flexibility index (Phi) is 3.90. The van der Waals surface area contributed by atoms with Crippen LogP contribution in [0.3, 0.4) is 0 Å². The van der Waals surface area contributed by atoms with Gasteiger partial charge in [-0.3, -0.25) is 14.6 Å². The molecule has 0 saturated carbocycles. The predicted molar refractivity (Wildman–Crippen MR) is 96.3 cm³/mol. The number of H-pyrrole nitrogens is 1. The number of para-hydroxylation sites is 2. The van der Waals surface area contributed by atoms with E-state index in [1.807, 2.05) is 29.2 Å². The fraction of sp³-hybridized carbons (Fsp3) is 0.368. The lowest BCUT2D eigenvalue weighted by atomic mass is 9.89. The zero-order valence-corrected chi connectivity index (χ0v) is 14.8. The van der Waals surface area contributed by atoms with Crippen molar-refractivity contribution in [3.63, 3.8) is 0 Å². The average Bonchev–Trinajstić information content (AvgIpc) is 3.03. The summed E-state index contributed by atoms with van der Waals surface area (Å²) in [5.74, 6) is 1.43. The van der Waals surface area contributed by atoms with E-state index in [1.165, 1.54) is 4.68 Å². The van der Waals surface area contributed by atoms with Crippen LogP contribution >= 0.6 is 0 Å². The van der Waals surface area contributed by atoms with Crippen molar-refractivity contribution in [2.45, 2.75) is 33.1 Å². The minimum atomic E-state index is -0.164. The maximum absolute atomic E-state index is 12.4. The van der Waals surface area contributed by atoms with Crippen molar-refractivity contribution in [1.82, 2.24) is 9.78 Å². The largest absolute Gasteiger partial charge is 0.432 e. The Hall–Kier alpha value is -2.65.